The lowest BCUT2D eigenvalue weighted by Crippen LogP contribution is -2.17. The largest absolute Gasteiger partial charge is 0.349 e. The summed E-state index contributed by atoms with van der Waals surface area (Å²) in [4.78, 5) is 22.1. The molecule has 0 spiro atoms. The zero-order valence-corrected chi connectivity index (χ0v) is 12.0. The van der Waals surface area contributed by atoms with E-state index in [9.17, 15) is 9.59 Å². The van der Waals surface area contributed by atoms with Gasteiger partial charge in [-0.2, -0.15) is 0 Å². The monoisotopic (exact) mass is 244 g/mol. The van der Waals surface area contributed by atoms with E-state index in [0.29, 0.717) is 5.78 Å². The van der Waals surface area contributed by atoms with Crippen LogP contribution in [0, 0.1) is 0 Å². The second-order valence-electron chi connectivity index (χ2n) is 4.32. The molecule has 0 heterocycles. The van der Waals surface area contributed by atoms with Crippen LogP contribution in [-0.2, 0) is 9.59 Å². The maximum absolute atomic E-state index is 10.5. The zero-order valence-electron chi connectivity index (χ0n) is 12.0. The minimum absolute atomic E-state index is 0.0926. The summed E-state index contributed by atoms with van der Waals surface area (Å²) in [6, 6.07) is 0. The molecule has 1 N–H and O–H groups in total. The molecular formula is C13H28N2O2. The van der Waals surface area contributed by atoms with E-state index >= 15 is 0 Å². The van der Waals surface area contributed by atoms with Crippen LogP contribution in [0.15, 0.2) is 0 Å². The lowest BCUT2D eigenvalue weighted by atomic mass is 10.2. The van der Waals surface area contributed by atoms with Gasteiger partial charge in [-0.3, -0.25) is 4.79 Å². The molecule has 0 saturated heterocycles. The summed E-state index contributed by atoms with van der Waals surface area (Å²) in [5.41, 5.74) is 0. The van der Waals surface area contributed by atoms with Gasteiger partial charge in [0.2, 0.25) is 5.91 Å². The van der Waals surface area contributed by atoms with Gasteiger partial charge in [-0.05, 0) is 32.9 Å². The van der Waals surface area contributed by atoms with Crippen LogP contribution < -0.4 is 5.32 Å². The van der Waals surface area contributed by atoms with Crippen molar-refractivity contribution in [3.05, 3.63) is 0 Å². The van der Waals surface area contributed by atoms with Crippen LogP contribution in [-0.4, -0.2) is 43.8 Å². The molecule has 4 nitrogen and oxygen atoms in total. The second kappa shape index (κ2) is 13.2. The number of nitrogens with zero attached hydrogens (tertiary/aromatic N) is 1. The van der Waals surface area contributed by atoms with Gasteiger partial charge in [0.1, 0.15) is 5.78 Å². The molecule has 0 aliphatic rings. The normalized spacial score (nSPS) is 9.24. The molecule has 0 bridgehead atoms. The van der Waals surface area contributed by atoms with Gasteiger partial charge < -0.3 is 15.0 Å². The second-order valence-corrected chi connectivity index (χ2v) is 4.32. The Kier molecular flexibility index (Phi) is 14.3. The molecule has 0 rings (SSSR count). The molecule has 0 aromatic rings. The van der Waals surface area contributed by atoms with Crippen LogP contribution in [0.3, 0.4) is 0 Å². The molecule has 17 heavy (non-hydrogen) atoms. The standard InChI is InChI=1S/C9H19NO.C4H9NO/c1-3-4-7-10-8-5-6-9(2)11;1-4(6)5(2)3/h10H,3-8H2,1-2H3;1-3H3. The Balaban J connectivity index is 0. The Morgan fingerprint density at radius 1 is 1.06 bits per heavy atom. The van der Waals surface area contributed by atoms with Crippen molar-refractivity contribution in [1.82, 2.24) is 10.2 Å². The highest BCUT2D eigenvalue weighted by Gasteiger charge is 1.91. The van der Waals surface area contributed by atoms with Gasteiger partial charge in [-0.1, -0.05) is 13.3 Å². The molecule has 1 amide bonds. The van der Waals surface area contributed by atoms with Gasteiger partial charge in [0, 0.05) is 27.4 Å². The SMILES string of the molecule is CC(=O)N(C)C.CCCCNCCCC(C)=O. The number of nitrogens with one attached hydrogen (secondary N) is 1. The fourth-order valence-corrected chi connectivity index (χ4v) is 0.889. The van der Waals surface area contributed by atoms with E-state index in [1.807, 2.05) is 0 Å². The number of Topliss-reactive ketones (excluding diaryl/α,β-unsaturated/α-hetero) is 1. The number of rotatable bonds is 7. The summed E-state index contributed by atoms with van der Waals surface area (Å²) in [7, 11) is 3.45. The number of carbonyl (C=O) groups excluding carboxylic acids is 2. The van der Waals surface area contributed by atoms with Crippen molar-refractivity contribution in [1.29, 1.82) is 0 Å². The quantitative estimate of drug-likeness (QED) is 0.695. The predicted octanol–water partition coefficient (Wildman–Crippen LogP) is 1.84. The van der Waals surface area contributed by atoms with Gasteiger partial charge in [-0.25, -0.2) is 0 Å². The van der Waals surface area contributed by atoms with Crippen molar-refractivity contribution in [3.8, 4) is 0 Å². The molecular weight excluding hydrogens is 216 g/mol. The molecule has 0 fully saturated rings. The van der Waals surface area contributed by atoms with Gasteiger partial charge in [0.05, 0.1) is 0 Å². The Morgan fingerprint density at radius 3 is 1.88 bits per heavy atom. The average molecular weight is 244 g/mol. The summed E-state index contributed by atoms with van der Waals surface area (Å²) in [5, 5.41) is 3.29. The number of hydrogen-bond acceptors (Lipinski definition) is 3. The lowest BCUT2D eigenvalue weighted by Gasteiger charge is -2.02. The first-order chi connectivity index (χ1) is 7.91. The van der Waals surface area contributed by atoms with Gasteiger partial charge in [0.15, 0.2) is 0 Å². The number of hydrogen-bond donors (Lipinski definition) is 1. The van der Waals surface area contributed by atoms with Crippen molar-refractivity contribution >= 4 is 11.7 Å². The fraction of sp³-hybridized carbons (Fsp3) is 0.846. The van der Waals surface area contributed by atoms with Crippen LogP contribution in [0.5, 0.6) is 0 Å². The van der Waals surface area contributed by atoms with E-state index in [1.165, 1.54) is 24.7 Å². The summed E-state index contributed by atoms with van der Waals surface area (Å²) in [5.74, 6) is 0.386. The van der Waals surface area contributed by atoms with E-state index in [1.54, 1.807) is 21.0 Å². The first kappa shape index (κ1) is 18.5. The summed E-state index contributed by atoms with van der Waals surface area (Å²) in [6.07, 6.45) is 4.18. The van der Waals surface area contributed by atoms with Crippen molar-refractivity contribution < 1.29 is 9.59 Å². The number of amides is 1. The fourth-order valence-electron chi connectivity index (χ4n) is 0.889. The molecule has 0 unspecified atom stereocenters. The molecule has 0 radical (unpaired) electrons. The highest BCUT2D eigenvalue weighted by Crippen LogP contribution is 1.88. The van der Waals surface area contributed by atoms with Gasteiger partial charge in [-0.15, -0.1) is 0 Å². The van der Waals surface area contributed by atoms with Crippen LogP contribution in [0.2, 0.25) is 0 Å². The third-order valence-corrected chi connectivity index (χ3v) is 2.22. The highest BCUT2D eigenvalue weighted by atomic mass is 16.2. The van der Waals surface area contributed by atoms with Crippen molar-refractivity contribution in [2.75, 3.05) is 27.2 Å². The lowest BCUT2D eigenvalue weighted by molar-refractivity contribution is -0.126. The molecule has 102 valence electrons. The molecule has 0 aliphatic heterocycles. The van der Waals surface area contributed by atoms with Crippen molar-refractivity contribution in [2.45, 2.75) is 46.5 Å². The third kappa shape index (κ3) is 21.0. The number of ketones is 1. The first-order valence-electron chi connectivity index (χ1n) is 6.29. The van der Waals surface area contributed by atoms with Gasteiger partial charge in [0.25, 0.3) is 0 Å². The maximum atomic E-state index is 10.5. The molecule has 4 heteroatoms. The van der Waals surface area contributed by atoms with E-state index in [-0.39, 0.29) is 5.91 Å². The van der Waals surface area contributed by atoms with E-state index in [0.717, 1.165) is 25.9 Å². The molecule has 0 saturated carbocycles. The minimum Gasteiger partial charge on any atom is -0.349 e. The summed E-state index contributed by atoms with van der Waals surface area (Å²) >= 11 is 0. The highest BCUT2D eigenvalue weighted by molar-refractivity contribution is 5.75. The Morgan fingerprint density at radius 2 is 1.53 bits per heavy atom. The molecule has 0 atom stereocenters. The van der Waals surface area contributed by atoms with Crippen LogP contribution in [0.1, 0.15) is 46.5 Å². The van der Waals surface area contributed by atoms with Crippen LogP contribution in [0.4, 0.5) is 0 Å². The van der Waals surface area contributed by atoms with Crippen LogP contribution >= 0.6 is 0 Å². The van der Waals surface area contributed by atoms with Crippen LogP contribution in [0.25, 0.3) is 0 Å². The Labute approximate surface area is 106 Å². The Bertz CT molecular complexity index is 204. The van der Waals surface area contributed by atoms with E-state index in [4.69, 9.17) is 0 Å². The molecule has 0 aromatic carbocycles. The zero-order chi connectivity index (χ0) is 13.7. The number of unbranched alkanes of at least 4 members (excludes halogenated alkanes) is 1. The van der Waals surface area contributed by atoms with Gasteiger partial charge >= 0.3 is 0 Å². The predicted molar refractivity (Wildman–Crippen MR) is 72.1 cm³/mol. The molecule has 0 aromatic heterocycles. The number of carbonyl (C=O) groups is 2. The molecule has 0 aliphatic carbocycles. The first-order valence-corrected chi connectivity index (χ1v) is 6.29. The van der Waals surface area contributed by atoms with E-state index < -0.39 is 0 Å². The minimum atomic E-state index is 0.0926. The Hall–Kier alpha value is -0.900. The van der Waals surface area contributed by atoms with Crippen molar-refractivity contribution in [2.24, 2.45) is 0 Å². The average Bonchev–Trinajstić information content (AvgIpc) is 2.23. The summed E-state index contributed by atoms with van der Waals surface area (Å²) < 4.78 is 0. The maximum Gasteiger partial charge on any atom is 0.218 e. The summed E-state index contributed by atoms with van der Waals surface area (Å²) in [6.45, 7) is 7.43. The smallest absolute Gasteiger partial charge is 0.218 e. The third-order valence-electron chi connectivity index (χ3n) is 2.22. The van der Waals surface area contributed by atoms with E-state index in [2.05, 4.69) is 12.2 Å². The topological polar surface area (TPSA) is 49.4 Å². The van der Waals surface area contributed by atoms with Crippen molar-refractivity contribution in [3.63, 3.8) is 0 Å².